The first kappa shape index (κ1) is 24.2. The van der Waals surface area contributed by atoms with Crippen LogP contribution in [0.25, 0.3) is 16.8 Å². The van der Waals surface area contributed by atoms with Crippen molar-refractivity contribution in [3.8, 4) is 11.8 Å². The molecule has 1 amide bonds. The molecule has 0 radical (unpaired) electrons. The molecule has 0 aromatic heterocycles. The summed E-state index contributed by atoms with van der Waals surface area (Å²) in [5.41, 5.74) is 2.51. The first-order valence-electron chi connectivity index (χ1n) is 11.4. The van der Waals surface area contributed by atoms with Gasteiger partial charge in [0, 0.05) is 5.56 Å². The van der Waals surface area contributed by atoms with Crippen LogP contribution in [-0.2, 0) is 11.4 Å². The molecule has 4 rings (SSSR count). The first-order valence-corrected chi connectivity index (χ1v) is 11.4. The molecule has 0 fully saturated rings. The van der Waals surface area contributed by atoms with Crippen LogP contribution in [0.4, 0.5) is 0 Å². The van der Waals surface area contributed by atoms with E-state index >= 15 is 0 Å². The standard InChI is InChI=1S/C30H24N2O4/c1-20(22-7-3-2-4-8-22)32-29(33)25(18-31)17-27-26-10-6-5-9-23(26)15-16-28(27)36-19-21-11-13-24(14-12-21)30(34)35/h2-17,20H,19H2,1H3,(H,32,33)(H,34,35)/b25-17-/t20-/m0/s1. The minimum atomic E-state index is -0.992. The lowest BCUT2D eigenvalue weighted by Crippen LogP contribution is -2.27. The van der Waals surface area contributed by atoms with Gasteiger partial charge in [-0.25, -0.2) is 4.79 Å². The molecule has 0 saturated heterocycles. The number of fused-ring (bicyclic) bond motifs is 1. The minimum Gasteiger partial charge on any atom is -0.488 e. The van der Waals surface area contributed by atoms with Gasteiger partial charge < -0.3 is 15.2 Å². The Morgan fingerprint density at radius 2 is 1.67 bits per heavy atom. The van der Waals surface area contributed by atoms with Crippen LogP contribution in [0.5, 0.6) is 5.75 Å². The summed E-state index contributed by atoms with van der Waals surface area (Å²) in [4.78, 5) is 24.1. The summed E-state index contributed by atoms with van der Waals surface area (Å²) < 4.78 is 6.07. The second kappa shape index (κ2) is 11.0. The van der Waals surface area contributed by atoms with E-state index < -0.39 is 11.9 Å². The van der Waals surface area contributed by atoms with Gasteiger partial charge >= 0.3 is 5.97 Å². The average molecular weight is 477 g/mol. The van der Waals surface area contributed by atoms with Gasteiger partial charge in [0.2, 0.25) is 0 Å². The summed E-state index contributed by atoms with van der Waals surface area (Å²) in [5.74, 6) is -0.960. The lowest BCUT2D eigenvalue weighted by atomic mass is 10.0. The summed E-state index contributed by atoms with van der Waals surface area (Å²) in [6.07, 6.45) is 1.55. The fourth-order valence-corrected chi connectivity index (χ4v) is 3.85. The van der Waals surface area contributed by atoms with Crippen molar-refractivity contribution in [2.24, 2.45) is 0 Å². The van der Waals surface area contributed by atoms with Gasteiger partial charge in [-0.1, -0.05) is 72.8 Å². The Morgan fingerprint density at radius 3 is 2.36 bits per heavy atom. The number of benzene rings is 4. The quantitative estimate of drug-likeness (QED) is 0.244. The first-order chi connectivity index (χ1) is 17.5. The maximum absolute atomic E-state index is 13.0. The molecular formula is C30H24N2O4. The number of hydrogen-bond donors (Lipinski definition) is 2. The predicted octanol–water partition coefficient (Wildman–Crippen LogP) is 5.90. The van der Waals surface area contributed by atoms with Crippen LogP contribution in [0.15, 0.2) is 96.6 Å². The normalized spacial score (nSPS) is 11.9. The Morgan fingerprint density at radius 1 is 0.972 bits per heavy atom. The van der Waals surface area contributed by atoms with E-state index in [1.165, 1.54) is 12.1 Å². The highest BCUT2D eigenvalue weighted by Gasteiger charge is 2.16. The molecular weight excluding hydrogens is 452 g/mol. The zero-order valence-electron chi connectivity index (χ0n) is 19.6. The third-order valence-corrected chi connectivity index (χ3v) is 5.83. The van der Waals surface area contributed by atoms with Gasteiger partial charge in [0.25, 0.3) is 5.91 Å². The second-order valence-corrected chi connectivity index (χ2v) is 8.26. The molecule has 2 N–H and O–H groups in total. The van der Waals surface area contributed by atoms with E-state index in [0.717, 1.165) is 21.9 Å². The molecule has 0 aliphatic heterocycles. The lowest BCUT2D eigenvalue weighted by Gasteiger charge is -2.15. The van der Waals surface area contributed by atoms with E-state index in [-0.39, 0.29) is 23.8 Å². The number of carboxylic acids is 1. The molecule has 1 atom stereocenters. The molecule has 4 aromatic carbocycles. The average Bonchev–Trinajstić information content (AvgIpc) is 2.91. The van der Waals surface area contributed by atoms with E-state index in [4.69, 9.17) is 9.84 Å². The molecule has 0 bridgehead atoms. The Labute approximate surface area is 209 Å². The number of aromatic carboxylic acids is 1. The van der Waals surface area contributed by atoms with E-state index in [9.17, 15) is 14.9 Å². The summed E-state index contributed by atoms with van der Waals surface area (Å²) in [7, 11) is 0. The van der Waals surface area contributed by atoms with Crippen molar-refractivity contribution >= 4 is 28.7 Å². The molecule has 0 saturated carbocycles. The number of nitrogens with zero attached hydrogens (tertiary/aromatic N) is 1. The molecule has 0 spiro atoms. The zero-order valence-corrected chi connectivity index (χ0v) is 19.6. The second-order valence-electron chi connectivity index (χ2n) is 8.26. The molecule has 0 aliphatic rings. The highest BCUT2D eigenvalue weighted by atomic mass is 16.5. The lowest BCUT2D eigenvalue weighted by molar-refractivity contribution is -0.117. The number of hydrogen-bond acceptors (Lipinski definition) is 4. The van der Waals surface area contributed by atoms with Crippen LogP contribution >= 0.6 is 0 Å². The smallest absolute Gasteiger partial charge is 0.335 e. The SMILES string of the molecule is C[C@H](NC(=O)/C(C#N)=C\c1c(OCc2ccc(C(=O)O)cc2)ccc2ccccc12)c1ccccc1. The third-order valence-electron chi connectivity index (χ3n) is 5.83. The summed E-state index contributed by atoms with van der Waals surface area (Å²) in [6, 6.07) is 29.1. The van der Waals surface area contributed by atoms with Crippen molar-refractivity contribution in [2.45, 2.75) is 19.6 Å². The highest BCUT2D eigenvalue weighted by Crippen LogP contribution is 2.31. The van der Waals surface area contributed by atoms with Gasteiger partial charge in [-0.05, 0) is 53.1 Å². The Kier molecular flexibility index (Phi) is 7.42. The Balaban J connectivity index is 1.64. The highest BCUT2D eigenvalue weighted by molar-refractivity contribution is 6.05. The predicted molar refractivity (Wildman–Crippen MR) is 138 cm³/mol. The van der Waals surface area contributed by atoms with Crippen LogP contribution in [0, 0.1) is 11.3 Å². The molecule has 4 aromatic rings. The van der Waals surface area contributed by atoms with Gasteiger partial charge in [0.05, 0.1) is 11.6 Å². The Bertz CT molecular complexity index is 1470. The number of rotatable bonds is 8. The maximum atomic E-state index is 13.0. The molecule has 6 heteroatoms. The van der Waals surface area contributed by atoms with Crippen LogP contribution in [0.1, 0.15) is 40.0 Å². The summed E-state index contributed by atoms with van der Waals surface area (Å²) >= 11 is 0. The number of carboxylic acid groups (broad SMARTS) is 1. The number of nitriles is 1. The van der Waals surface area contributed by atoms with Crippen molar-refractivity contribution in [3.63, 3.8) is 0 Å². The molecule has 0 aliphatic carbocycles. The number of carbonyl (C=O) groups is 2. The fourth-order valence-electron chi connectivity index (χ4n) is 3.85. The van der Waals surface area contributed by atoms with E-state index in [1.807, 2.05) is 73.7 Å². The van der Waals surface area contributed by atoms with Crippen molar-refractivity contribution in [2.75, 3.05) is 0 Å². The van der Waals surface area contributed by atoms with Crippen molar-refractivity contribution in [1.82, 2.24) is 5.32 Å². The summed E-state index contributed by atoms with van der Waals surface area (Å²) in [6.45, 7) is 2.06. The van der Waals surface area contributed by atoms with Crippen LogP contribution in [-0.4, -0.2) is 17.0 Å². The molecule has 178 valence electrons. The molecule has 6 nitrogen and oxygen atoms in total. The number of ether oxygens (including phenoxy) is 1. The van der Waals surface area contributed by atoms with E-state index in [2.05, 4.69) is 5.32 Å². The van der Waals surface area contributed by atoms with Gasteiger partial charge in [0.1, 0.15) is 24.0 Å². The van der Waals surface area contributed by atoms with E-state index in [1.54, 1.807) is 24.3 Å². The third kappa shape index (κ3) is 5.60. The van der Waals surface area contributed by atoms with Crippen LogP contribution in [0.3, 0.4) is 0 Å². The maximum Gasteiger partial charge on any atom is 0.335 e. The monoisotopic (exact) mass is 476 g/mol. The summed E-state index contributed by atoms with van der Waals surface area (Å²) in [5, 5.41) is 23.6. The van der Waals surface area contributed by atoms with Crippen LogP contribution < -0.4 is 10.1 Å². The zero-order chi connectivity index (χ0) is 25.5. The molecule has 0 unspecified atom stereocenters. The molecule has 0 heterocycles. The molecule has 36 heavy (non-hydrogen) atoms. The van der Waals surface area contributed by atoms with Gasteiger partial charge in [0.15, 0.2) is 0 Å². The van der Waals surface area contributed by atoms with E-state index in [0.29, 0.717) is 11.3 Å². The Hall–Kier alpha value is -4.89. The number of amides is 1. The van der Waals surface area contributed by atoms with Gasteiger partial charge in [-0.3, -0.25) is 4.79 Å². The van der Waals surface area contributed by atoms with Crippen molar-refractivity contribution in [3.05, 3.63) is 119 Å². The van der Waals surface area contributed by atoms with Gasteiger partial charge in [-0.15, -0.1) is 0 Å². The number of carbonyl (C=O) groups excluding carboxylic acids is 1. The van der Waals surface area contributed by atoms with Crippen molar-refractivity contribution in [1.29, 1.82) is 5.26 Å². The van der Waals surface area contributed by atoms with Crippen LogP contribution in [0.2, 0.25) is 0 Å². The number of nitrogens with one attached hydrogen (secondary N) is 1. The largest absolute Gasteiger partial charge is 0.488 e. The topological polar surface area (TPSA) is 99.4 Å². The van der Waals surface area contributed by atoms with Crippen molar-refractivity contribution < 1.29 is 19.4 Å². The fraction of sp³-hybridized carbons (Fsp3) is 0.100. The van der Waals surface area contributed by atoms with Gasteiger partial charge in [-0.2, -0.15) is 5.26 Å². The minimum absolute atomic E-state index is 0.0372.